The fourth-order valence-corrected chi connectivity index (χ4v) is 2.74. The molecule has 88 valence electrons. The monoisotopic (exact) mass is 228 g/mol. The second-order valence-electron chi connectivity index (χ2n) is 4.75. The topological polar surface area (TPSA) is 24.8 Å². The summed E-state index contributed by atoms with van der Waals surface area (Å²) in [5.74, 6) is 0. The Balaban J connectivity index is 2.18. The standard InChI is InChI=1S/C14H16N2O/c1-14-8-4-6-11-5-3-7-12(13(11)14)15-9-16(14)10-17-2/h3-7,9H,8,10H2,1-2H3. The van der Waals surface area contributed by atoms with Crippen molar-refractivity contribution in [2.24, 2.45) is 4.99 Å². The summed E-state index contributed by atoms with van der Waals surface area (Å²) in [4.78, 5) is 6.69. The zero-order valence-electron chi connectivity index (χ0n) is 10.2. The van der Waals surface area contributed by atoms with Crippen LogP contribution in [0.15, 0.2) is 29.3 Å². The van der Waals surface area contributed by atoms with Gasteiger partial charge in [0.2, 0.25) is 0 Å². The summed E-state index contributed by atoms with van der Waals surface area (Å²) in [6.07, 6.45) is 7.31. The van der Waals surface area contributed by atoms with Gasteiger partial charge in [-0.05, 0) is 25.0 Å². The molecule has 0 radical (unpaired) electrons. The predicted octanol–water partition coefficient (Wildman–Crippen LogP) is 2.90. The Morgan fingerprint density at radius 3 is 3.18 bits per heavy atom. The van der Waals surface area contributed by atoms with Gasteiger partial charge >= 0.3 is 0 Å². The van der Waals surface area contributed by atoms with Crippen LogP contribution >= 0.6 is 0 Å². The van der Waals surface area contributed by atoms with Crippen molar-refractivity contribution in [3.63, 3.8) is 0 Å². The van der Waals surface area contributed by atoms with Crippen LogP contribution in [0.2, 0.25) is 0 Å². The van der Waals surface area contributed by atoms with Gasteiger partial charge in [0, 0.05) is 12.7 Å². The van der Waals surface area contributed by atoms with E-state index >= 15 is 0 Å². The van der Waals surface area contributed by atoms with Crippen molar-refractivity contribution in [1.82, 2.24) is 4.90 Å². The van der Waals surface area contributed by atoms with Gasteiger partial charge in [0.1, 0.15) is 6.73 Å². The van der Waals surface area contributed by atoms with E-state index in [1.165, 1.54) is 11.1 Å². The average molecular weight is 228 g/mol. The van der Waals surface area contributed by atoms with Crippen molar-refractivity contribution in [3.05, 3.63) is 35.4 Å². The summed E-state index contributed by atoms with van der Waals surface area (Å²) in [7, 11) is 1.72. The summed E-state index contributed by atoms with van der Waals surface area (Å²) >= 11 is 0. The molecule has 0 saturated heterocycles. The zero-order chi connectivity index (χ0) is 11.9. The molecule has 0 fully saturated rings. The normalized spacial score (nSPS) is 24.9. The molecule has 0 saturated carbocycles. The Hall–Kier alpha value is -1.61. The molecule has 3 heteroatoms. The lowest BCUT2D eigenvalue weighted by molar-refractivity contribution is 0.0461. The van der Waals surface area contributed by atoms with Crippen molar-refractivity contribution in [2.45, 2.75) is 18.9 Å². The highest BCUT2D eigenvalue weighted by molar-refractivity contribution is 5.76. The molecule has 0 aromatic heterocycles. The zero-order valence-corrected chi connectivity index (χ0v) is 10.2. The van der Waals surface area contributed by atoms with Crippen LogP contribution in [-0.4, -0.2) is 25.1 Å². The number of benzene rings is 1. The van der Waals surface area contributed by atoms with E-state index in [9.17, 15) is 0 Å². The van der Waals surface area contributed by atoms with Gasteiger partial charge < -0.3 is 9.64 Å². The lowest BCUT2D eigenvalue weighted by Gasteiger charge is -2.44. The van der Waals surface area contributed by atoms with Gasteiger partial charge in [-0.25, -0.2) is 4.99 Å². The molecule has 2 aliphatic rings. The van der Waals surface area contributed by atoms with Gasteiger partial charge in [0.15, 0.2) is 0 Å². The highest BCUT2D eigenvalue weighted by Gasteiger charge is 2.38. The van der Waals surface area contributed by atoms with E-state index in [0.29, 0.717) is 6.73 Å². The summed E-state index contributed by atoms with van der Waals surface area (Å²) in [6, 6.07) is 6.29. The van der Waals surface area contributed by atoms with Crippen molar-refractivity contribution >= 4 is 18.1 Å². The first kappa shape index (κ1) is 10.5. The molecule has 3 rings (SSSR count). The van der Waals surface area contributed by atoms with Crippen molar-refractivity contribution < 1.29 is 4.74 Å². The van der Waals surface area contributed by atoms with E-state index < -0.39 is 0 Å². The van der Waals surface area contributed by atoms with E-state index in [1.807, 2.05) is 6.34 Å². The summed E-state index contributed by atoms with van der Waals surface area (Å²) < 4.78 is 5.27. The lowest BCUT2D eigenvalue weighted by Crippen LogP contribution is -2.46. The average Bonchev–Trinajstić information content (AvgIpc) is 2.33. The van der Waals surface area contributed by atoms with E-state index in [1.54, 1.807) is 7.11 Å². The molecule has 1 aliphatic carbocycles. The highest BCUT2D eigenvalue weighted by atomic mass is 16.5. The maximum absolute atomic E-state index is 5.27. The van der Waals surface area contributed by atoms with Crippen LogP contribution in [-0.2, 0) is 10.3 Å². The first-order chi connectivity index (χ1) is 8.25. The van der Waals surface area contributed by atoms with Crippen LogP contribution in [0.5, 0.6) is 0 Å². The molecular weight excluding hydrogens is 212 g/mol. The largest absolute Gasteiger partial charge is 0.364 e. The van der Waals surface area contributed by atoms with Crippen molar-refractivity contribution in [1.29, 1.82) is 0 Å². The van der Waals surface area contributed by atoms with Gasteiger partial charge in [0.05, 0.1) is 17.6 Å². The molecule has 1 aromatic rings. The molecule has 0 N–H and O–H groups in total. The van der Waals surface area contributed by atoms with E-state index in [0.717, 1.165) is 12.1 Å². The highest BCUT2D eigenvalue weighted by Crippen LogP contribution is 2.45. The minimum atomic E-state index is -0.0293. The maximum atomic E-state index is 5.27. The Morgan fingerprint density at radius 2 is 2.35 bits per heavy atom. The van der Waals surface area contributed by atoms with E-state index in [4.69, 9.17) is 4.74 Å². The lowest BCUT2D eigenvalue weighted by atomic mass is 9.79. The maximum Gasteiger partial charge on any atom is 0.120 e. The molecule has 0 amide bonds. The third-order valence-electron chi connectivity index (χ3n) is 3.66. The molecule has 0 spiro atoms. The minimum Gasteiger partial charge on any atom is -0.364 e. The molecule has 17 heavy (non-hydrogen) atoms. The first-order valence-corrected chi connectivity index (χ1v) is 5.85. The molecule has 3 nitrogen and oxygen atoms in total. The van der Waals surface area contributed by atoms with Gasteiger partial charge in [-0.1, -0.05) is 24.3 Å². The molecule has 1 aromatic carbocycles. The van der Waals surface area contributed by atoms with E-state index in [-0.39, 0.29) is 5.54 Å². The Labute approximate surface area is 101 Å². The number of hydrogen-bond acceptors (Lipinski definition) is 3. The van der Waals surface area contributed by atoms with Gasteiger partial charge in [-0.2, -0.15) is 0 Å². The summed E-state index contributed by atoms with van der Waals surface area (Å²) in [5.41, 5.74) is 3.65. The van der Waals surface area contributed by atoms with Crippen LogP contribution in [0, 0.1) is 0 Å². The fraction of sp³-hybridized carbons (Fsp3) is 0.357. The number of ether oxygens (including phenoxy) is 1. The predicted molar refractivity (Wildman–Crippen MR) is 69.3 cm³/mol. The van der Waals surface area contributed by atoms with Crippen LogP contribution in [0.4, 0.5) is 5.69 Å². The molecule has 1 atom stereocenters. The smallest absolute Gasteiger partial charge is 0.120 e. The Morgan fingerprint density at radius 1 is 1.47 bits per heavy atom. The number of aliphatic imine (C=N–C) groups is 1. The second kappa shape index (κ2) is 3.70. The molecule has 1 heterocycles. The Kier molecular flexibility index (Phi) is 2.30. The number of methoxy groups -OCH3 is 1. The molecule has 0 bridgehead atoms. The second-order valence-corrected chi connectivity index (χ2v) is 4.75. The van der Waals surface area contributed by atoms with Crippen LogP contribution in [0.25, 0.3) is 6.08 Å². The third-order valence-corrected chi connectivity index (χ3v) is 3.66. The SMILES string of the molecule is COCN1C=Nc2cccc3c2C1(C)CC=C3. The molecule has 1 unspecified atom stereocenters. The number of nitrogens with zero attached hydrogens (tertiary/aromatic N) is 2. The van der Waals surface area contributed by atoms with Gasteiger partial charge in [0.25, 0.3) is 0 Å². The number of hydrogen-bond donors (Lipinski definition) is 0. The summed E-state index contributed by atoms with van der Waals surface area (Å²) in [6.45, 7) is 2.82. The quantitative estimate of drug-likeness (QED) is 0.777. The van der Waals surface area contributed by atoms with Crippen molar-refractivity contribution in [3.8, 4) is 0 Å². The first-order valence-electron chi connectivity index (χ1n) is 5.85. The molecule has 1 aliphatic heterocycles. The van der Waals surface area contributed by atoms with E-state index in [2.05, 4.69) is 47.2 Å². The Bertz CT molecular complexity index is 507. The number of rotatable bonds is 2. The third kappa shape index (κ3) is 1.42. The minimum absolute atomic E-state index is 0.0293. The van der Waals surface area contributed by atoms with Crippen LogP contribution in [0.1, 0.15) is 24.5 Å². The molecular formula is C14H16N2O. The van der Waals surface area contributed by atoms with Gasteiger partial charge in [-0.3, -0.25) is 0 Å². The van der Waals surface area contributed by atoms with Crippen molar-refractivity contribution in [2.75, 3.05) is 13.8 Å². The summed E-state index contributed by atoms with van der Waals surface area (Å²) in [5, 5.41) is 0. The van der Waals surface area contributed by atoms with Crippen LogP contribution < -0.4 is 0 Å². The fourth-order valence-electron chi connectivity index (χ4n) is 2.74. The van der Waals surface area contributed by atoms with Gasteiger partial charge in [-0.15, -0.1) is 0 Å². The van der Waals surface area contributed by atoms with Crippen LogP contribution in [0.3, 0.4) is 0 Å².